The lowest BCUT2D eigenvalue weighted by Gasteiger charge is -2.65. The van der Waals surface area contributed by atoms with Gasteiger partial charge in [0.15, 0.2) is 0 Å². The molecule has 4 bridgehead atoms. The van der Waals surface area contributed by atoms with Crippen LogP contribution in [0.1, 0.15) is 97.0 Å². The van der Waals surface area contributed by atoms with Crippen molar-refractivity contribution in [3.05, 3.63) is 35.9 Å². The Labute approximate surface area is 221 Å². The Hall–Kier alpha value is -2.37. The summed E-state index contributed by atoms with van der Waals surface area (Å²) in [5.74, 6) is 0.948. The number of rotatable bonds is 6. The molecule has 6 rings (SSSR count). The van der Waals surface area contributed by atoms with Crippen LogP contribution in [-0.4, -0.2) is 36.6 Å². The van der Waals surface area contributed by atoms with Gasteiger partial charge in [-0.15, -0.1) is 0 Å². The second-order valence-electron chi connectivity index (χ2n) is 13.7. The average molecular weight is 510 g/mol. The number of esters is 1. The first-order valence-corrected chi connectivity index (χ1v) is 14.1. The van der Waals surface area contributed by atoms with E-state index in [1.165, 1.54) is 12.7 Å². The van der Waals surface area contributed by atoms with E-state index in [1.54, 1.807) is 0 Å². The number of ketones is 1. The number of hydrogen-bond acceptors (Lipinski definition) is 5. The van der Waals surface area contributed by atoms with Gasteiger partial charge in [-0.3, -0.25) is 9.59 Å². The quantitative estimate of drug-likeness (QED) is 0.468. The number of carbonyl (C=O) groups excluding carboxylic acids is 3. The van der Waals surface area contributed by atoms with Crippen molar-refractivity contribution in [1.29, 1.82) is 0 Å². The van der Waals surface area contributed by atoms with Crippen molar-refractivity contribution in [3.8, 4) is 0 Å². The summed E-state index contributed by atoms with van der Waals surface area (Å²) in [5, 5.41) is 3.01. The lowest BCUT2D eigenvalue weighted by atomic mass is 9.37. The van der Waals surface area contributed by atoms with Gasteiger partial charge in [-0.25, -0.2) is 4.79 Å². The van der Waals surface area contributed by atoms with Gasteiger partial charge in [0.25, 0.3) is 0 Å². The van der Waals surface area contributed by atoms with Crippen LogP contribution < -0.4 is 5.32 Å². The number of benzene rings is 1. The first-order chi connectivity index (χ1) is 17.5. The second kappa shape index (κ2) is 9.43. The molecule has 0 aromatic heterocycles. The fourth-order valence-corrected chi connectivity index (χ4v) is 8.77. The van der Waals surface area contributed by atoms with E-state index in [0.717, 1.165) is 57.8 Å². The monoisotopic (exact) mass is 509 g/mol. The minimum atomic E-state index is -0.547. The van der Waals surface area contributed by atoms with Crippen molar-refractivity contribution in [2.75, 3.05) is 7.11 Å². The number of nitrogens with one attached hydrogen (secondary N) is 1. The van der Waals surface area contributed by atoms with Crippen molar-refractivity contribution < 1.29 is 23.9 Å². The van der Waals surface area contributed by atoms with E-state index in [1.807, 2.05) is 26.8 Å². The normalized spacial score (nSPS) is 36.6. The van der Waals surface area contributed by atoms with Crippen molar-refractivity contribution >= 4 is 17.8 Å². The number of carbonyl (C=O) groups is 3. The predicted octanol–water partition coefficient (Wildman–Crippen LogP) is 6.11. The first kappa shape index (κ1) is 26.2. The smallest absolute Gasteiger partial charge is 0.407 e. The van der Waals surface area contributed by atoms with Gasteiger partial charge in [0.05, 0.1) is 12.5 Å². The Morgan fingerprint density at radius 2 is 1.57 bits per heavy atom. The van der Waals surface area contributed by atoms with Crippen LogP contribution >= 0.6 is 0 Å². The molecule has 0 heterocycles. The summed E-state index contributed by atoms with van der Waals surface area (Å²) in [6.07, 6.45) is 8.93. The van der Waals surface area contributed by atoms with E-state index < -0.39 is 16.4 Å². The van der Waals surface area contributed by atoms with Crippen LogP contribution in [0.25, 0.3) is 0 Å². The molecule has 4 unspecified atom stereocenters. The zero-order valence-electron chi connectivity index (χ0n) is 22.9. The molecule has 0 radical (unpaired) electrons. The van der Waals surface area contributed by atoms with E-state index in [4.69, 9.17) is 9.47 Å². The maximum atomic E-state index is 14.2. The van der Waals surface area contributed by atoms with E-state index in [9.17, 15) is 14.4 Å². The zero-order chi connectivity index (χ0) is 26.5. The lowest BCUT2D eigenvalue weighted by Crippen LogP contribution is -2.63. The highest BCUT2D eigenvalue weighted by Gasteiger charge is 2.68. The third-order valence-electron chi connectivity index (χ3n) is 9.71. The molecule has 5 aliphatic rings. The molecule has 1 N–H and O–H groups in total. The molecular weight excluding hydrogens is 466 g/mol. The van der Waals surface area contributed by atoms with Crippen LogP contribution in [-0.2, 0) is 24.5 Å². The Kier molecular flexibility index (Phi) is 6.69. The molecule has 5 fully saturated rings. The van der Waals surface area contributed by atoms with Crippen molar-refractivity contribution in [1.82, 2.24) is 5.32 Å². The van der Waals surface area contributed by atoms with E-state index in [2.05, 4.69) is 29.6 Å². The van der Waals surface area contributed by atoms with Gasteiger partial charge in [0.2, 0.25) is 0 Å². The lowest BCUT2D eigenvalue weighted by molar-refractivity contribution is -0.185. The van der Waals surface area contributed by atoms with E-state index in [-0.39, 0.29) is 23.5 Å². The van der Waals surface area contributed by atoms with Gasteiger partial charge < -0.3 is 14.8 Å². The molecule has 1 aromatic carbocycles. The Balaban J connectivity index is 1.29. The molecule has 0 spiro atoms. The molecule has 4 atom stereocenters. The van der Waals surface area contributed by atoms with Gasteiger partial charge >= 0.3 is 12.1 Å². The highest BCUT2D eigenvalue weighted by Crippen LogP contribution is 2.71. The highest BCUT2D eigenvalue weighted by molar-refractivity contribution is 5.88. The van der Waals surface area contributed by atoms with Crippen molar-refractivity contribution in [2.45, 2.75) is 108 Å². The van der Waals surface area contributed by atoms with Crippen LogP contribution in [0.3, 0.4) is 0 Å². The maximum Gasteiger partial charge on any atom is 0.407 e. The van der Waals surface area contributed by atoms with E-state index >= 15 is 0 Å². The highest BCUT2D eigenvalue weighted by atomic mass is 16.6. The number of Topliss-reactive ketones (excluding diaryl/α,β-unsaturated/α-hetero) is 1. The standard InChI is InChI=1S/C31H43NO5/c1-28(2,3)37-27(35)32-24-12-10-21(11-13-24)14-25(33)30-16-22-15-29(18-30,23-8-6-5-7-9-23)19-31(17-22,20-30)26(34)36-4/h5-9,21-22,24H,10-20H2,1-4H3,(H,32,35). The minimum Gasteiger partial charge on any atom is -0.469 e. The molecule has 1 amide bonds. The Morgan fingerprint density at radius 3 is 2.22 bits per heavy atom. The largest absolute Gasteiger partial charge is 0.469 e. The number of methoxy groups -OCH3 is 1. The van der Waals surface area contributed by atoms with Gasteiger partial charge in [0.1, 0.15) is 11.4 Å². The molecule has 1 aromatic rings. The third-order valence-corrected chi connectivity index (χ3v) is 9.71. The van der Waals surface area contributed by atoms with Crippen molar-refractivity contribution in [2.24, 2.45) is 22.7 Å². The zero-order valence-corrected chi connectivity index (χ0v) is 22.9. The van der Waals surface area contributed by atoms with Crippen LogP contribution in [0, 0.1) is 22.7 Å². The summed E-state index contributed by atoms with van der Waals surface area (Å²) in [4.78, 5) is 39.6. The fraction of sp³-hybridized carbons (Fsp3) is 0.710. The maximum absolute atomic E-state index is 14.2. The Morgan fingerprint density at radius 1 is 0.919 bits per heavy atom. The first-order valence-electron chi connectivity index (χ1n) is 14.1. The molecule has 5 saturated carbocycles. The second-order valence-corrected chi connectivity index (χ2v) is 13.7. The summed E-state index contributed by atoms with van der Waals surface area (Å²) in [7, 11) is 1.49. The SMILES string of the molecule is COC(=O)C12CC3CC(C(=O)CC4CCC(NC(=O)OC(C)(C)C)CC4)(C1)CC(c1ccccc1)(C3)C2. The number of alkyl carbamates (subject to hydrolysis) is 1. The molecule has 37 heavy (non-hydrogen) atoms. The van der Waals surface area contributed by atoms with Crippen LogP contribution in [0.15, 0.2) is 30.3 Å². The van der Waals surface area contributed by atoms with Crippen LogP contribution in [0.4, 0.5) is 4.79 Å². The van der Waals surface area contributed by atoms with Gasteiger partial charge in [-0.2, -0.15) is 0 Å². The van der Waals surface area contributed by atoms with Gasteiger partial charge in [0, 0.05) is 17.9 Å². The number of amides is 1. The molecule has 6 heteroatoms. The molecule has 202 valence electrons. The summed E-state index contributed by atoms with van der Waals surface area (Å²) < 4.78 is 10.8. The van der Waals surface area contributed by atoms with Crippen molar-refractivity contribution in [3.63, 3.8) is 0 Å². The van der Waals surface area contributed by atoms with Gasteiger partial charge in [-0.05, 0) is 108 Å². The summed E-state index contributed by atoms with van der Waals surface area (Å²) in [6, 6.07) is 10.7. The van der Waals surface area contributed by atoms with Crippen LogP contribution in [0.5, 0.6) is 0 Å². The fourth-order valence-electron chi connectivity index (χ4n) is 8.77. The van der Waals surface area contributed by atoms with E-state index in [0.29, 0.717) is 30.5 Å². The number of ether oxygens (including phenoxy) is 2. The Bertz CT molecular complexity index is 1040. The molecule has 0 aliphatic heterocycles. The average Bonchev–Trinajstić information content (AvgIpc) is 2.83. The third kappa shape index (κ3) is 5.05. The number of hydrogen-bond donors (Lipinski definition) is 1. The topological polar surface area (TPSA) is 81.7 Å². The summed E-state index contributed by atoms with van der Waals surface area (Å²) in [6.45, 7) is 5.60. The van der Waals surface area contributed by atoms with Gasteiger partial charge in [-0.1, -0.05) is 30.3 Å². The van der Waals surface area contributed by atoms with Crippen LogP contribution in [0.2, 0.25) is 0 Å². The molecular formula is C31H43NO5. The summed E-state index contributed by atoms with van der Waals surface area (Å²) >= 11 is 0. The predicted molar refractivity (Wildman–Crippen MR) is 141 cm³/mol. The molecule has 6 nitrogen and oxygen atoms in total. The molecule has 5 aliphatic carbocycles. The minimum absolute atomic E-state index is 0.102. The molecule has 0 saturated heterocycles. The summed E-state index contributed by atoms with van der Waals surface area (Å²) in [5.41, 5.74) is -0.341.